The number of nitrogens with zero attached hydrogens (tertiary/aromatic N) is 1. The largest absolute Gasteiger partial charge is 0.384 e. The molecule has 0 aliphatic heterocycles. The summed E-state index contributed by atoms with van der Waals surface area (Å²) in [5.41, 5.74) is -1.34. The van der Waals surface area contributed by atoms with Gasteiger partial charge in [0.1, 0.15) is 0 Å². The third-order valence-electron chi connectivity index (χ3n) is 12.1. The lowest BCUT2D eigenvalue weighted by molar-refractivity contribution is -0.110. The van der Waals surface area contributed by atoms with E-state index in [0.29, 0.717) is 72.6 Å². The summed E-state index contributed by atoms with van der Waals surface area (Å²) < 4.78 is 59.6. The number of hydrogen-bond donors (Lipinski definition) is 2. The fourth-order valence-electron chi connectivity index (χ4n) is 7.90. The van der Waals surface area contributed by atoms with Crippen molar-refractivity contribution in [2.45, 2.75) is 157 Å². The normalized spacial score (nSPS) is 16.0. The van der Waals surface area contributed by atoms with Crippen LogP contribution in [-0.4, -0.2) is 146 Å². The molecule has 1 heterocycles. The maximum absolute atomic E-state index is 14.5. The Hall–Kier alpha value is -3.88. The van der Waals surface area contributed by atoms with E-state index in [9.17, 15) is 19.2 Å². The summed E-state index contributed by atoms with van der Waals surface area (Å²) in [4.78, 5) is 57.5. The number of hydrogen-bond acceptors (Lipinski definition) is 16. The van der Waals surface area contributed by atoms with E-state index in [0.717, 1.165) is 25.7 Å². The molecule has 2 N–H and O–H groups in total. The minimum Gasteiger partial charge on any atom is -0.384 e. The van der Waals surface area contributed by atoms with Gasteiger partial charge in [-0.05, 0) is 75.2 Å². The summed E-state index contributed by atoms with van der Waals surface area (Å²) in [5.74, 6) is 0. The van der Waals surface area contributed by atoms with Crippen LogP contribution in [0.15, 0.2) is 43.4 Å². The third-order valence-corrected chi connectivity index (χ3v) is 12.1. The number of nitrogens with one attached hydrogen (secondary N) is 2. The Labute approximate surface area is 420 Å². The van der Waals surface area contributed by atoms with Crippen LogP contribution in [0.1, 0.15) is 108 Å². The van der Waals surface area contributed by atoms with E-state index in [-0.39, 0.29) is 117 Å². The SMILES string of the molecule is CCCCNc1c2c(=O)c3ccccc3c(=O)c2c(NCCCC)c2c(=O)n(C(C)COC(C)COC(C)COC(C)COC(C)COC(C)COC(C)COC(C)COC(C)COCCOC)c(=O)c12. The van der Waals surface area contributed by atoms with Gasteiger partial charge in [0.05, 0.1) is 160 Å². The van der Waals surface area contributed by atoms with Gasteiger partial charge in [0.2, 0.25) is 0 Å². The molecule has 0 aliphatic rings. The molecule has 17 nitrogen and oxygen atoms in total. The predicted octanol–water partition coefficient (Wildman–Crippen LogP) is 7.15. The average Bonchev–Trinajstić information content (AvgIpc) is 3.62. The Balaban J connectivity index is 1.23. The highest BCUT2D eigenvalue weighted by atomic mass is 16.6. The van der Waals surface area contributed by atoms with Crippen LogP contribution in [-0.2, 0) is 47.4 Å². The van der Waals surface area contributed by atoms with Crippen molar-refractivity contribution in [1.82, 2.24) is 4.57 Å². The number of anilines is 2. The topological polar surface area (TPSA) is 190 Å². The molecule has 4 aromatic rings. The van der Waals surface area contributed by atoms with Crippen molar-refractivity contribution in [3.8, 4) is 0 Å². The zero-order chi connectivity index (χ0) is 52.0. The lowest BCUT2D eigenvalue weighted by Gasteiger charge is -2.23. The van der Waals surface area contributed by atoms with Crippen molar-refractivity contribution in [1.29, 1.82) is 0 Å². The Kier molecular flexibility index (Phi) is 26.0. The van der Waals surface area contributed by atoms with Crippen molar-refractivity contribution < 1.29 is 47.4 Å². The molecule has 3 aromatic carbocycles. The number of methoxy groups -OCH3 is 1. The highest BCUT2D eigenvalue weighted by Crippen LogP contribution is 2.36. The standard InChI is InChI=1S/C54H85N3O14/c1-13-15-21-55-49-45-46(52(59)44-20-18-17-19-43(44)51(45)58)50(56-22-16-14-2)48-47(49)53(60)57(54(48)61)34(3)25-64-36(5)27-66-38(7)29-68-40(9)31-70-42(11)33-71-41(10)32-69-39(8)30-67-37(6)28-65-35(4)26-63-24-23-62-12/h17-20,34-42,55-56H,13-16,21-33H2,1-12H3. The minimum absolute atomic E-state index is 0.0335. The predicted molar refractivity (Wildman–Crippen MR) is 282 cm³/mol. The number of unbranched alkanes of at least 4 members (excludes halogenated alkanes) is 2. The first kappa shape index (κ1) is 59.7. The van der Waals surface area contributed by atoms with Crippen LogP contribution in [0.2, 0.25) is 0 Å². The lowest BCUT2D eigenvalue weighted by Crippen LogP contribution is -2.33. The first-order chi connectivity index (χ1) is 34.0. The molecule has 0 amide bonds. The van der Waals surface area contributed by atoms with Crippen LogP contribution in [0, 0.1) is 0 Å². The van der Waals surface area contributed by atoms with Gasteiger partial charge in [0, 0.05) is 31.0 Å². The molecule has 71 heavy (non-hydrogen) atoms. The zero-order valence-electron chi connectivity index (χ0n) is 44.7. The van der Waals surface area contributed by atoms with Crippen molar-refractivity contribution in [2.75, 3.05) is 104 Å². The molecule has 0 fully saturated rings. The summed E-state index contributed by atoms with van der Waals surface area (Å²) in [6.07, 6.45) is 1.91. The van der Waals surface area contributed by atoms with E-state index < -0.39 is 17.2 Å². The Morgan fingerprint density at radius 3 is 1.10 bits per heavy atom. The second kappa shape index (κ2) is 31.0. The van der Waals surface area contributed by atoms with E-state index in [1.54, 1.807) is 38.3 Å². The molecule has 0 aliphatic carbocycles. The van der Waals surface area contributed by atoms with Gasteiger partial charge in [-0.2, -0.15) is 0 Å². The summed E-state index contributed by atoms with van der Waals surface area (Å²) in [6, 6.07) is 6.01. The van der Waals surface area contributed by atoms with Crippen LogP contribution >= 0.6 is 0 Å². The van der Waals surface area contributed by atoms with Gasteiger partial charge in [-0.15, -0.1) is 0 Å². The highest BCUT2D eigenvalue weighted by Gasteiger charge is 2.29. The number of rotatable bonds is 38. The second-order valence-corrected chi connectivity index (χ2v) is 19.1. The molecule has 4 rings (SSSR count). The van der Waals surface area contributed by atoms with Crippen molar-refractivity contribution in [3.05, 3.63) is 65.4 Å². The first-order valence-electron chi connectivity index (χ1n) is 25.8. The van der Waals surface area contributed by atoms with Crippen LogP contribution in [0.3, 0.4) is 0 Å². The van der Waals surface area contributed by atoms with Gasteiger partial charge in [-0.25, -0.2) is 0 Å². The fourth-order valence-corrected chi connectivity index (χ4v) is 7.90. The molecular formula is C54H85N3O14. The smallest absolute Gasteiger partial charge is 0.264 e. The molecule has 17 heteroatoms. The van der Waals surface area contributed by atoms with Gasteiger partial charge in [-0.1, -0.05) is 51.0 Å². The number of aromatic nitrogens is 1. The van der Waals surface area contributed by atoms with E-state index in [1.165, 1.54) is 4.57 Å². The first-order valence-corrected chi connectivity index (χ1v) is 25.8. The molecule has 0 saturated heterocycles. The summed E-state index contributed by atoms with van der Waals surface area (Å²) in [6.45, 7) is 26.6. The molecule has 400 valence electrons. The second-order valence-electron chi connectivity index (χ2n) is 19.1. The van der Waals surface area contributed by atoms with Gasteiger partial charge in [0.25, 0.3) is 11.1 Å². The maximum atomic E-state index is 14.5. The summed E-state index contributed by atoms with van der Waals surface area (Å²) in [5, 5.41) is 7.63. The van der Waals surface area contributed by atoms with Crippen molar-refractivity contribution in [3.63, 3.8) is 0 Å². The zero-order valence-corrected chi connectivity index (χ0v) is 44.7. The third kappa shape index (κ3) is 17.9. The quantitative estimate of drug-likeness (QED) is 0.0261. The Bertz CT molecular complexity index is 2290. The minimum atomic E-state index is -0.676. The van der Waals surface area contributed by atoms with Gasteiger partial charge >= 0.3 is 0 Å². The Morgan fingerprint density at radius 2 is 0.775 bits per heavy atom. The average molecular weight is 1000 g/mol. The summed E-state index contributed by atoms with van der Waals surface area (Å²) >= 11 is 0. The van der Waals surface area contributed by atoms with Crippen LogP contribution in [0.4, 0.5) is 11.4 Å². The Morgan fingerprint density at radius 1 is 0.451 bits per heavy atom. The van der Waals surface area contributed by atoms with E-state index in [4.69, 9.17) is 47.4 Å². The molecule has 1 aromatic heterocycles. The fraction of sp³-hybridized carbons (Fsp3) is 0.704. The van der Waals surface area contributed by atoms with Crippen molar-refractivity contribution in [2.24, 2.45) is 0 Å². The molecule has 0 bridgehead atoms. The van der Waals surface area contributed by atoms with Gasteiger partial charge < -0.3 is 58.0 Å². The molecule has 9 atom stereocenters. The number of fused-ring (bicyclic) bond motifs is 3. The van der Waals surface area contributed by atoms with Crippen LogP contribution in [0.5, 0.6) is 0 Å². The van der Waals surface area contributed by atoms with Crippen LogP contribution in [0.25, 0.3) is 32.3 Å². The maximum Gasteiger partial charge on any atom is 0.264 e. The summed E-state index contributed by atoms with van der Waals surface area (Å²) in [7, 11) is 1.64. The van der Waals surface area contributed by atoms with E-state index >= 15 is 0 Å². The molecular weight excluding hydrogens is 915 g/mol. The monoisotopic (exact) mass is 1000 g/mol. The van der Waals surface area contributed by atoms with E-state index in [2.05, 4.69) is 10.6 Å². The molecule has 0 radical (unpaired) electrons. The highest BCUT2D eigenvalue weighted by molar-refractivity contribution is 6.21. The van der Waals surface area contributed by atoms with E-state index in [1.807, 2.05) is 69.2 Å². The molecule has 0 spiro atoms. The lowest BCUT2D eigenvalue weighted by atomic mass is 9.96. The van der Waals surface area contributed by atoms with Gasteiger partial charge in [0.15, 0.2) is 10.9 Å². The van der Waals surface area contributed by atoms with Crippen LogP contribution < -0.4 is 32.6 Å². The van der Waals surface area contributed by atoms with Gasteiger partial charge in [-0.3, -0.25) is 23.7 Å². The molecule has 9 unspecified atom stereocenters. The molecule has 0 saturated carbocycles. The number of benzene rings is 3. The van der Waals surface area contributed by atoms with Crippen molar-refractivity contribution >= 4 is 43.7 Å². The number of ether oxygens (including phenoxy) is 10.